The molecule has 4 heteroatoms. The summed E-state index contributed by atoms with van der Waals surface area (Å²) < 4.78 is 0. The third-order valence-corrected chi connectivity index (χ3v) is 3.58. The van der Waals surface area contributed by atoms with Gasteiger partial charge in [0.25, 0.3) is 0 Å². The number of carbonyl (C=O) groups is 1. The molecule has 1 heterocycles. The van der Waals surface area contributed by atoms with Gasteiger partial charge in [0, 0.05) is 45.2 Å². The minimum Gasteiger partial charge on any atom is -0.355 e. The Morgan fingerprint density at radius 2 is 1.83 bits per heavy atom. The van der Waals surface area contributed by atoms with Crippen molar-refractivity contribution < 1.29 is 4.79 Å². The van der Waals surface area contributed by atoms with E-state index in [2.05, 4.69) is 29.4 Å². The van der Waals surface area contributed by atoms with E-state index in [4.69, 9.17) is 0 Å². The molecular weight excluding hydrogens is 226 g/mol. The van der Waals surface area contributed by atoms with Gasteiger partial charge in [0.2, 0.25) is 5.91 Å². The monoisotopic (exact) mass is 255 g/mol. The van der Waals surface area contributed by atoms with Gasteiger partial charge in [0.1, 0.15) is 0 Å². The highest BCUT2D eigenvalue weighted by Crippen LogP contribution is 2.13. The zero-order chi connectivity index (χ0) is 13.2. The molecule has 4 nitrogen and oxygen atoms in total. The molecule has 106 valence electrons. The maximum absolute atomic E-state index is 12.0. The number of hydrogen-bond acceptors (Lipinski definition) is 3. The minimum atomic E-state index is 0.225. The molecule has 1 amide bonds. The van der Waals surface area contributed by atoms with Crippen LogP contribution in [0.4, 0.5) is 0 Å². The van der Waals surface area contributed by atoms with E-state index < -0.39 is 0 Å². The summed E-state index contributed by atoms with van der Waals surface area (Å²) in [5.41, 5.74) is 0. The Hall–Kier alpha value is -0.610. The number of hydrogen-bond donors (Lipinski definition) is 2. The number of nitrogens with zero attached hydrogens (tertiary/aromatic N) is 1. The van der Waals surface area contributed by atoms with Crippen LogP contribution in [-0.4, -0.2) is 50.1 Å². The normalized spacial score (nSPS) is 17.1. The topological polar surface area (TPSA) is 44.4 Å². The molecule has 0 aliphatic carbocycles. The maximum Gasteiger partial charge on any atom is 0.223 e. The lowest BCUT2D eigenvalue weighted by atomic mass is 9.97. The highest BCUT2D eigenvalue weighted by Gasteiger charge is 2.16. The van der Waals surface area contributed by atoms with Gasteiger partial charge >= 0.3 is 0 Å². The predicted octanol–water partition coefficient (Wildman–Crippen LogP) is 1.22. The van der Waals surface area contributed by atoms with E-state index in [1.165, 1.54) is 0 Å². The van der Waals surface area contributed by atoms with Crippen molar-refractivity contribution in [1.82, 2.24) is 15.5 Å². The lowest BCUT2D eigenvalue weighted by molar-refractivity contribution is -0.125. The number of rotatable bonds is 8. The van der Waals surface area contributed by atoms with Gasteiger partial charge in [-0.25, -0.2) is 0 Å². The van der Waals surface area contributed by atoms with Gasteiger partial charge < -0.3 is 10.6 Å². The summed E-state index contributed by atoms with van der Waals surface area (Å²) in [6, 6.07) is 0. The SMILES string of the molecule is CCCC(CCC)C(=O)NCCN1CCNCC1. The standard InChI is InChI=1S/C14H29N3O/c1-3-5-13(6-4-2)14(18)16-9-12-17-10-7-15-8-11-17/h13,15H,3-12H2,1-2H3,(H,16,18). The van der Waals surface area contributed by atoms with Gasteiger partial charge in [0.05, 0.1) is 0 Å². The van der Waals surface area contributed by atoms with Gasteiger partial charge in [-0.2, -0.15) is 0 Å². The maximum atomic E-state index is 12.0. The summed E-state index contributed by atoms with van der Waals surface area (Å²) >= 11 is 0. The summed E-state index contributed by atoms with van der Waals surface area (Å²) in [4.78, 5) is 14.4. The Balaban J connectivity index is 2.17. The van der Waals surface area contributed by atoms with Crippen LogP contribution in [0.3, 0.4) is 0 Å². The van der Waals surface area contributed by atoms with Crippen LogP contribution in [0.1, 0.15) is 39.5 Å². The van der Waals surface area contributed by atoms with E-state index in [-0.39, 0.29) is 11.8 Å². The van der Waals surface area contributed by atoms with Crippen molar-refractivity contribution in [1.29, 1.82) is 0 Å². The molecule has 1 rings (SSSR count). The van der Waals surface area contributed by atoms with Crippen molar-refractivity contribution in [2.45, 2.75) is 39.5 Å². The summed E-state index contributed by atoms with van der Waals surface area (Å²) in [5.74, 6) is 0.483. The van der Waals surface area contributed by atoms with E-state index >= 15 is 0 Å². The molecule has 0 aromatic carbocycles. The molecule has 0 aromatic rings. The lowest BCUT2D eigenvalue weighted by Crippen LogP contribution is -2.46. The Kier molecular flexibility index (Phi) is 8.01. The van der Waals surface area contributed by atoms with Crippen LogP contribution in [0.5, 0.6) is 0 Å². The molecular formula is C14H29N3O. The Labute approximate surface area is 111 Å². The van der Waals surface area contributed by atoms with E-state index in [0.29, 0.717) is 0 Å². The molecule has 0 unspecified atom stereocenters. The third kappa shape index (κ3) is 5.83. The molecule has 0 radical (unpaired) electrons. The fourth-order valence-electron chi connectivity index (χ4n) is 2.52. The van der Waals surface area contributed by atoms with Gasteiger partial charge in [-0.05, 0) is 12.8 Å². The molecule has 1 saturated heterocycles. The second-order valence-electron chi connectivity index (χ2n) is 5.16. The van der Waals surface area contributed by atoms with Crippen LogP contribution in [0.25, 0.3) is 0 Å². The number of amides is 1. The third-order valence-electron chi connectivity index (χ3n) is 3.58. The van der Waals surface area contributed by atoms with Crippen LogP contribution in [0.15, 0.2) is 0 Å². The van der Waals surface area contributed by atoms with Crippen LogP contribution < -0.4 is 10.6 Å². The zero-order valence-corrected chi connectivity index (χ0v) is 12.0. The lowest BCUT2D eigenvalue weighted by Gasteiger charge is -2.27. The first kappa shape index (κ1) is 15.4. The molecule has 1 fully saturated rings. The second kappa shape index (κ2) is 9.34. The van der Waals surface area contributed by atoms with Gasteiger partial charge in [0.15, 0.2) is 0 Å². The quantitative estimate of drug-likeness (QED) is 0.685. The predicted molar refractivity (Wildman–Crippen MR) is 75.6 cm³/mol. The Morgan fingerprint density at radius 3 is 2.39 bits per heavy atom. The average molecular weight is 255 g/mol. The van der Waals surface area contributed by atoms with Crippen molar-refractivity contribution in [2.24, 2.45) is 5.92 Å². The molecule has 0 atom stereocenters. The summed E-state index contributed by atoms with van der Waals surface area (Å²) in [6.07, 6.45) is 4.23. The van der Waals surface area contributed by atoms with Gasteiger partial charge in [-0.1, -0.05) is 26.7 Å². The van der Waals surface area contributed by atoms with Crippen molar-refractivity contribution in [3.63, 3.8) is 0 Å². The van der Waals surface area contributed by atoms with E-state index in [1.807, 2.05) is 0 Å². The molecule has 1 aliphatic rings. The van der Waals surface area contributed by atoms with Crippen LogP contribution in [-0.2, 0) is 4.79 Å². The van der Waals surface area contributed by atoms with Gasteiger partial charge in [-0.15, -0.1) is 0 Å². The minimum absolute atomic E-state index is 0.225. The van der Waals surface area contributed by atoms with Crippen LogP contribution >= 0.6 is 0 Å². The molecule has 18 heavy (non-hydrogen) atoms. The average Bonchev–Trinajstić information content (AvgIpc) is 2.39. The van der Waals surface area contributed by atoms with Crippen LogP contribution in [0.2, 0.25) is 0 Å². The smallest absolute Gasteiger partial charge is 0.223 e. The molecule has 0 spiro atoms. The fourth-order valence-corrected chi connectivity index (χ4v) is 2.52. The number of carbonyl (C=O) groups excluding carboxylic acids is 1. The first-order chi connectivity index (χ1) is 8.77. The van der Waals surface area contributed by atoms with Crippen molar-refractivity contribution in [3.05, 3.63) is 0 Å². The highest BCUT2D eigenvalue weighted by atomic mass is 16.1. The van der Waals surface area contributed by atoms with Gasteiger partial charge in [-0.3, -0.25) is 9.69 Å². The summed E-state index contributed by atoms with van der Waals surface area (Å²) in [6.45, 7) is 10.4. The first-order valence-electron chi connectivity index (χ1n) is 7.48. The van der Waals surface area contributed by atoms with Crippen LogP contribution in [0, 0.1) is 5.92 Å². The van der Waals surface area contributed by atoms with Crippen molar-refractivity contribution >= 4 is 5.91 Å². The molecule has 0 bridgehead atoms. The second-order valence-corrected chi connectivity index (χ2v) is 5.16. The highest BCUT2D eigenvalue weighted by molar-refractivity contribution is 5.78. The molecule has 0 saturated carbocycles. The zero-order valence-electron chi connectivity index (χ0n) is 12.0. The number of nitrogens with one attached hydrogen (secondary N) is 2. The van der Waals surface area contributed by atoms with Crippen molar-refractivity contribution in [2.75, 3.05) is 39.3 Å². The Morgan fingerprint density at radius 1 is 1.22 bits per heavy atom. The largest absolute Gasteiger partial charge is 0.355 e. The van der Waals surface area contributed by atoms with E-state index in [1.54, 1.807) is 0 Å². The Bertz CT molecular complexity index is 221. The van der Waals surface area contributed by atoms with E-state index in [9.17, 15) is 4.79 Å². The summed E-state index contributed by atoms with van der Waals surface area (Å²) in [7, 11) is 0. The molecule has 0 aromatic heterocycles. The molecule has 2 N–H and O–H groups in total. The van der Waals surface area contributed by atoms with Crippen molar-refractivity contribution in [3.8, 4) is 0 Å². The number of piperazine rings is 1. The molecule has 1 aliphatic heterocycles. The fraction of sp³-hybridized carbons (Fsp3) is 0.929. The van der Waals surface area contributed by atoms with E-state index in [0.717, 1.165) is 65.0 Å². The summed E-state index contributed by atoms with van der Waals surface area (Å²) in [5, 5.41) is 6.44. The first-order valence-corrected chi connectivity index (χ1v) is 7.48.